The fourth-order valence-corrected chi connectivity index (χ4v) is 3.77. The topological polar surface area (TPSA) is 42.6 Å². The lowest BCUT2D eigenvalue weighted by molar-refractivity contribution is 0.0167. The van der Waals surface area contributed by atoms with E-state index >= 15 is 0 Å². The molecular formula is C16H17IO3. The molecule has 0 saturated heterocycles. The van der Waals surface area contributed by atoms with E-state index in [0.29, 0.717) is 6.61 Å². The van der Waals surface area contributed by atoms with Gasteiger partial charge in [0.25, 0.3) is 0 Å². The predicted molar refractivity (Wildman–Crippen MR) is 85.6 cm³/mol. The summed E-state index contributed by atoms with van der Waals surface area (Å²) in [4.78, 5) is 0. The van der Waals surface area contributed by atoms with Gasteiger partial charge in [0.2, 0.25) is 0 Å². The summed E-state index contributed by atoms with van der Waals surface area (Å²) in [6, 6.07) is 10.2. The van der Waals surface area contributed by atoms with Crippen molar-refractivity contribution in [2.75, 3.05) is 13.2 Å². The molecule has 1 aliphatic rings. The summed E-state index contributed by atoms with van der Waals surface area (Å²) in [5.41, 5.74) is 2.29. The van der Waals surface area contributed by atoms with Crippen LogP contribution >= 0.6 is 22.6 Å². The summed E-state index contributed by atoms with van der Waals surface area (Å²) in [7, 11) is 0. The zero-order valence-corrected chi connectivity index (χ0v) is 13.3. The van der Waals surface area contributed by atoms with Gasteiger partial charge in [-0.3, -0.25) is 0 Å². The Morgan fingerprint density at radius 3 is 2.85 bits per heavy atom. The second kappa shape index (κ2) is 6.28. The number of hydrogen-bond acceptors (Lipinski definition) is 3. The molecule has 1 atom stereocenters. The number of halogens is 1. The van der Waals surface area contributed by atoms with Crippen LogP contribution in [0.15, 0.2) is 34.7 Å². The lowest BCUT2D eigenvalue weighted by atomic mass is 9.95. The molecule has 4 heteroatoms. The minimum absolute atomic E-state index is 0.0546. The van der Waals surface area contributed by atoms with E-state index in [4.69, 9.17) is 14.3 Å². The maximum atomic E-state index is 8.95. The van der Waals surface area contributed by atoms with Crippen LogP contribution in [-0.2, 0) is 11.2 Å². The number of aliphatic hydroxyl groups is 1. The number of hydrogen-bond donors (Lipinski definition) is 1. The summed E-state index contributed by atoms with van der Waals surface area (Å²) in [6.45, 7) is 0.442. The summed E-state index contributed by atoms with van der Waals surface area (Å²) in [5.74, 6) is 1.98. The second-order valence-corrected chi connectivity index (χ2v) is 6.00. The fraction of sp³-hybridized carbons (Fsp3) is 0.375. The van der Waals surface area contributed by atoms with Crippen LogP contribution in [0, 0.1) is 3.57 Å². The fourth-order valence-electron chi connectivity index (χ4n) is 2.70. The normalized spacial score (nSPS) is 18.0. The highest BCUT2D eigenvalue weighted by Crippen LogP contribution is 2.42. The van der Waals surface area contributed by atoms with Gasteiger partial charge in [-0.1, -0.05) is 30.3 Å². The van der Waals surface area contributed by atoms with Crippen LogP contribution in [0.1, 0.15) is 30.3 Å². The summed E-state index contributed by atoms with van der Waals surface area (Å²) in [5, 5.41) is 8.95. The molecule has 0 amide bonds. The van der Waals surface area contributed by atoms with Crippen molar-refractivity contribution in [3.05, 3.63) is 45.2 Å². The molecule has 1 aliphatic carbocycles. The first-order chi connectivity index (χ1) is 9.81. The van der Waals surface area contributed by atoms with Crippen LogP contribution in [0.4, 0.5) is 0 Å². The van der Waals surface area contributed by atoms with Gasteiger partial charge in [-0.05, 0) is 35.4 Å². The highest BCUT2D eigenvalue weighted by atomic mass is 127. The number of ether oxygens (including phenoxy) is 1. The number of aliphatic hydroxyl groups excluding tert-OH is 1. The quantitative estimate of drug-likeness (QED) is 0.813. The molecule has 0 radical (unpaired) electrons. The minimum Gasteiger partial charge on any atom is -0.460 e. The van der Waals surface area contributed by atoms with E-state index in [2.05, 4.69) is 34.7 Å². The van der Waals surface area contributed by atoms with E-state index in [1.165, 1.54) is 5.56 Å². The Morgan fingerprint density at radius 1 is 1.30 bits per heavy atom. The maximum absolute atomic E-state index is 8.95. The average molecular weight is 384 g/mol. The highest BCUT2D eigenvalue weighted by molar-refractivity contribution is 14.1. The molecule has 20 heavy (non-hydrogen) atoms. The highest BCUT2D eigenvalue weighted by Gasteiger charge is 2.29. The molecule has 1 heterocycles. The Hall–Kier alpha value is -0.850. The molecule has 0 aliphatic heterocycles. The average Bonchev–Trinajstić information content (AvgIpc) is 2.84. The number of rotatable bonds is 4. The molecule has 3 nitrogen and oxygen atoms in total. The molecule has 0 fully saturated rings. The van der Waals surface area contributed by atoms with Crippen molar-refractivity contribution in [1.82, 2.24) is 0 Å². The van der Waals surface area contributed by atoms with Gasteiger partial charge in [-0.2, -0.15) is 0 Å². The molecule has 1 aromatic carbocycles. The first-order valence-corrected chi connectivity index (χ1v) is 7.98. The van der Waals surface area contributed by atoms with Crippen LogP contribution in [0.5, 0.6) is 0 Å². The van der Waals surface area contributed by atoms with Crippen molar-refractivity contribution in [1.29, 1.82) is 0 Å². The van der Waals surface area contributed by atoms with Gasteiger partial charge < -0.3 is 14.3 Å². The molecule has 3 rings (SSSR count). The van der Waals surface area contributed by atoms with Crippen LogP contribution in [0.3, 0.4) is 0 Å². The van der Waals surface area contributed by atoms with Crippen LogP contribution < -0.4 is 0 Å². The predicted octanol–water partition coefficient (Wildman–Crippen LogP) is 3.94. The first kappa shape index (κ1) is 14.1. The molecule has 1 unspecified atom stereocenters. The van der Waals surface area contributed by atoms with Gasteiger partial charge in [0, 0.05) is 17.5 Å². The molecule has 2 aromatic rings. The van der Waals surface area contributed by atoms with Gasteiger partial charge in [0.05, 0.1) is 22.9 Å². The third-order valence-corrected chi connectivity index (χ3v) is 4.67. The Labute approximate surface area is 132 Å². The number of aryl methyl sites for hydroxylation is 1. The number of fused-ring (bicyclic) bond motifs is 1. The van der Waals surface area contributed by atoms with Gasteiger partial charge in [0.15, 0.2) is 0 Å². The SMILES string of the molecule is OCCOC1CCCc2oc(-c3ccccc3)c(I)c21. The molecule has 0 bridgehead atoms. The summed E-state index contributed by atoms with van der Waals surface area (Å²) in [6.07, 6.45) is 3.09. The lowest BCUT2D eigenvalue weighted by Crippen LogP contribution is -2.14. The smallest absolute Gasteiger partial charge is 0.147 e. The number of furan rings is 1. The Bertz CT molecular complexity index is 577. The van der Waals surface area contributed by atoms with Gasteiger partial charge in [-0.25, -0.2) is 0 Å². The first-order valence-electron chi connectivity index (χ1n) is 6.90. The standard InChI is InChI=1S/C16H17IO3/c17-15-14-12(19-10-9-18)7-4-8-13(14)20-16(15)11-5-2-1-3-6-11/h1-3,5-6,12,18H,4,7-10H2. The minimum atomic E-state index is 0.0546. The monoisotopic (exact) mass is 384 g/mol. The lowest BCUT2D eigenvalue weighted by Gasteiger charge is -2.22. The Balaban J connectivity index is 1.98. The van der Waals surface area contributed by atoms with Gasteiger partial charge in [-0.15, -0.1) is 0 Å². The van der Waals surface area contributed by atoms with Gasteiger partial charge in [0.1, 0.15) is 11.5 Å². The molecule has 1 N–H and O–H groups in total. The molecule has 1 aromatic heterocycles. The van der Waals surface area contributed by atoms with Crippen LogP contribution in [-0.4, -0.2) is 18.3 Å². The largest absolute Gasteiger partial charge is 0.460 e. The zero-order chi connectivity index (χ0) is 13.9. The summed E-state index contributed by atoms with van der Waals surface area (Å²) >= 11 is 2.35. The Morgan fingerprint density at radius 2 is 2.10 bits per heavy atom. The van der Waals surface area contributed by atoms with Crippen molar-refractivity contribution in [3.8, 4) is 11.3 Å². The molecule has 0 spiro atoms. The van der Waals surface area contributed by atoms with E-state index in [9.17, 15) is 0 Å². The molecular weight excluding hydrogens is 367 g/mol. The van der Waals surface area contributed by atoms with E-state index in [0.717, 1.165) is 39.9 Å². The van der Waals surface area contributed by atoms with Crippen molar-refractivity contribution in [2.24, 2.45) is 0 Å². The number of benzene rings is 1. The van der Waals surface area contributed by atoms with E-state index in [-0.39, 0.29) is 12.7 Å². The zero-order valence-electron chi connectivity index (χ0n) is 11.1. The van der Waals surface area contributed by atoms with E-state index < -0.39 is 0 Å². The van der Waals surface area contributed by atoms with E-state index in [1.54, 1.807) is 0 Å². The van der Waals surface area contributed by atoms with Gasteiger partial charge >= 0.3 is 0 Å². The molecule has 106 valence electrons. The third kappa shape index (κ3) is 2.64. The third-order valence-electron chi connectivity index (χ3n) is 3.60. The Kier molecular flexibility index (Phi) is 4.43. The van der Waals surface area contributed by atoms with Crippen molar-refractivity contribution in [3.63, 3.8) is 0 Å². The van der Waals surface area contributed by atoms with Crippen molar-refractivity contribution < 1.29 is 14.3 Å². The molecule has 0 saturated carbocycles. The van der Waals surface area contributed by atoms with Crippen molar-refractivity contribution >= 4 is 22.6 Å². The summed E-state index contributed by atoms with van der Waals surface area (Å²) < 4.78 is 13.0. The maximum Gasteiger partial charge on any atom is 0.147 e. The van der Waals surface area contributed by atoms with Crippen LogP contribution in [0.25, 0.3) is 11.3 Å². The van der Waals surface area contributed by atoms with Crippen molar-refractivity contribution in [2.45, 2.75) is 25.4 Å². The van der Waals surface area contributed by atoms with Crippen LogP contribution in [0.2, 0.25) is 0 Å². The van der Waals surface area contributed by atoms with E-state index in [1.807, 2.05) is 18.2 Å². The second-order valence-electron chi connectivity index (χ2n) is 4.92.